The van der Waals surface area contributed by atoms with Crippen LogP contribution < -0.4 is 15.5 Å². The zero-order chi connectivity index (χ0) is 20.8. The maximum absolute atomic E-state index is 12.5. The smallest absolute Gasteiger partial charge is 0.255 e. The van der Waals surface area contributed by atoms with Crippen LogP contribution in [0.15, 0.2) is 48.5 Å². The fraction of sp³-hybridized carbons (Fsp3) is 0.348. The van der Waals surface area contributed by atoms with Crippen LogP contribution in [0, 0.1) is 0 Å². The summed E-state index contributed by atoms with van der Waals surface area (Å²) < 4.78 is 0. The van der Waals surface area contributed by atoms with Crippen molar-refractivity contribution in [1.82, 2.24) is 5.32 Å². The molecule has 3 amide bonds. The average molecular weight is 393 g/mol. The number of hydrogen-bond acceptors (Lipinski definition) is 3. The van der Waals surface area contributed by atoms with E-state index in [2.05, 4.69) is 10.6 Å². The summed E-state index contributed by atoms with van der Waals surface area (Å²) in [5.74, 6) is -0.232. The molecule has 1 unspecified atom stereocenters. The maximum atomic E-state index is 12.5. The molecule has 0 aliphatic carbocycles. The second-order valence-electron chi connectivity index (χ2n) is 7.36. The van der Waals surface area contributed by atoms with Crippen LogP contribution in [0.5, 0.6) is 0 Å². The summed E-state index contributed by atoms with van der Waals surface area (Å²) in [6.07, 6.45) is 3.38. The van der Waals surface area contributed by atoms with E-state index >= 15 is 0 Å². The molecule has 1 aliphatic rings. The lowest BCUT2D eigenvalue weighted by atomic mass is 10.1. The van der Waals surface area contributed by atoms with Gasteiger partial charge in [-0.1, -0.05) is 6.92 Å². The van der Waals surface area contributed by atoms with Gasteiger partial charge in [0.05, 0.1) is 0 Å². The molecule has 2 N–H and O–H groups in total. The third-order valence-corrected chi connectivity index (χ3v) is 5.16. The zero-order valence-electron chi connectivity index (χ0n) is 16.9. The highest BCUT2D eigenvalue weighted by atomic mass is 16.2. The molecular formula is C23H27N3O3. The quantitative estimate of drug-likeness (QED) is 0.779. The van der Waals surface area contributed by atoms with Crippen LogP contribution in [-0.2, 0) is 4.79 Å². The number of hydrogen-bond donors (Lipinski definition) is 2. The van der Waals surface area contributed by atoms with Crippen molar-refractivity contribution in [3.05, 3.63) is 59.7 Å². The van der Waals surface area contributed by atoms with E-state index in [4.69, 9.17) is 0 Å². The van der Waals surface area contributed by atoms with E-state index in [9.17, 15) is 14.4 Å². The van der Waals surface area contributed by atoms with E-state index in [0.717, 1.165) is 31.5 Å². The van der Waals surface area contributed by atoms with Gasteiger partial charge < -0.3 is 15.5 Å². The van der Waals surface area contributed by atoms with Crippen LogP contribution in [0.25, 0.3) is 0 Å². The van der Waals surface area contributed by atoms with Crippen molar-refractivity contribution < 1.29 is 14.4 Å². The summed E-state index contributed by atoms with van der Waals surface area (Å²) >= 11 is 0. The standard InChI is InChI=1S/C23H27N3O3/c1-3-16(2)24-22(28)17-7-11-19(12-8-17)25-23(29)18-9-13-20(14-10-18)26-15-5-4-6-21(26)27/h7-14,16H,3-6,15H2,1-2H3,(H,24,28)(H,25,29). The second kappa shape index (κ2) is 9.37. The molecule has 1 heterocycles. The lowest BCUT2D eigenvalue weighted by Gasteiger charge is -2.26. The van der Waals surface area contributed by atoms with Gasteiger partial charge in [-0.25, -0.2) is 0 Å². The van der Waals surface area contributed by atoms with E-state index in [1.54, 1.807) is 53.4 Å². The molecular weight excluding hydrogens is 366 g/mol. The summed E-state index contributed by atoms with van der Waals surface area (Å²) in [7, 11) is 0. The first-order valence-electron chi connectivity index (χ1n) is 10.1. The molecule has 29 heavy (non-hydrogen) atoms. The first-order valence-corrected chi connectivity index (χ1v) is 10.1. The lowest BCUT2D eigenvalue weighted by Crippen LogP contribution is -2.35. The minimum atomic E-state index is -0.238. The number of carbonyl (C=O) groups is 3. The Morgan fingerprint density at radius 1 is 0.966 bits per heavy atom. The van der Waals surface area contributed by atoms with Crippen molar-refractivity contribution in [2.45, 2.75) is 45.6 Å². The van der Waals surface area contributed by atoms with E-state index < -0.39 is 0 Å². The van der Waals surface area contributed by atoms with E-state index in [-0.39, 0.29) is 23.8 Å². The van der Waals surface area contributed by atoms with Gasteiger partial charge in [-0.2, -0.15) is 0 Å². The SMILES string of the molecule is CCC(C)NC(=O)c1ccc(NC(=O)c2ccc(N3CCCCC3=O)cc2)cc1. The largest absolute Gasteiger partial charge is 0.350 e. The first-order chi connectivity index (χ1) is 14.0. The molecule has 1 aliphatic heterocycles. The highest BCUT2D eigenvalue weighted by Gasteiger charge is 2.19. The Hall–Kier alpha value is -3.15. The number of piperidine rings is 1. The predicted octanol–water partition coefficient (Wildman–Crippen LogP) is 3.98. The number of benzene rings is 2. The predicted molar refractivity (Wildman–Crippen MR) is 114 cm³/mol. The Morgan fingerprint density at radius 2 is 1.59 bits per heavy atom. The van der Waals surface area contributed by atoms with Crippen molar-refractivity contribution in [2.24, 2.45) is 0 Å². The maximum Gasteiger partial charge on any atom is 0.255 e. The molecule has 2 aromatic rings. The number of amides is 3. The molecule has 0 spiro atoms. The van der Waals surface area contributed by atoms with Crippen LogP contribution in [0.2, 0.25) is 0 Å². The van der Waals surface area contributed by atoms with Crippen LogP contribution in [0.1, 0.15) is 60.2 Å². The fourth-order valence-corrected chi connectivity index (χ4v) is 3.19. The fourth-order valence-electron chi connectivity index (χ4n) is 3.19. The first kappa shape index (κ1) is 20.6. The van der Waals surface area contributed by atoms with Gasteiger partial charge in [-0.05, 0) is 74.7 Å². The molecule has 2 aromatic carbocycles. The van der Waals surface area contributed by atoms with Gasteiger partial charge in [-0.3, -0.25) is 14.4 Å². The highest BCUT2D eigenvalue weighted by Crippen LogP contribution is 2.21. The molecule has 152 valence electrons. The number of rotatable bonds is 6. The Kier molecular flexibility index (Phi) is 6.65. The minimum Gasteiger partial charge on any atom is -0.350 e. The van der Waals surface area contributed by atoms with Gasteiger partial charge in [0.25, 0.3) is 11.8 Å². The van der Waals surface area contributed by atoms with Crippen molar-refractivity contribution in [1.29, 1.82) is 0 Å². The molecule has 0 bridgehead atoms. The van der Waals surface area contributed by atoms with Gasteiger partial charge in [0.2, 0.25) is 5.91 Å². The van der Waals surface area contributed by atoms with Gasteiger partial charge in [-0.15, -0.1) is 0 Å². The highest BCUT2D eigenvalue weighted by molar-refractivity contribution is 6.05. The molecule has 6 heteroatoms. The molecule has 0 radical (unpaired) electrons. The van der Waals surface area contributed by atoms with Crippen molar-refractivity contribution >= 4 is 29.1 Å². The van der Waals surface area contributed by atoms with E-state index in [1.807, 2.05) is 13.8 Å². The monoisotopic (exact) mass is 393 g/mol. The molecule has 0 saturated carbocycles. The van der Waals surface area contributed by atoms with E-state index in [0.29, 0.717) is 23.2 Å². The Labute approximate surface area is 171 Å². The van der Waals surface area contributed by atoms with Gasteiger partial charge in [0.15, 0.2) is 0 Å². The average Bonchev–Trinajstić information content (AvgIpc) is 2.74. The molecule has 3 rings (SSSR count). The second-order valence-corrected chi connectivity index (χ2v) is 7.36. The van der Waals surface area contributed by atoms with Crippen molar-refractivity contribution in [3.8, 4) is 0 Å². The van der Waals surface area contributed by atoms with Crippen molar-refractivity contribution in [2.75, 3.05) is 16.8 Å². The third kappa shape index (κ3) is 5.22. The van der Waals surface area contributed by atoms with Crippen molar-refractivity contribution in [3.63, 3.8) is 0 Å². The number of carbonyl (C=O) groups excluding carboxylic acids is 3. The Morgan fingerprint density at radius 3 is 2.21 bits per heavy atom. The molecule has 6 nitrogen and oxygen atoms in total. The Bertz CT molecular complexity index is 875. The summed E-state index contributed by atoms with van der Waals surface area (Å²) in [4.78, 5) is 38.4. The third-order valence-electron chi connectivity index (χ3n) is 5.16. The zero-order valence-corrected chi connectivity index (χ0v) is 16.9. The summed E-state index contributed by atoms with van der Waals surface area (Å²) in [5, 5.41) is 5.75. The molecule has 1 saturated heterocycles. The minimum absolute atomic E-state index is 0.116. The Balaban J connectivity index is 1.61. The number of nitrogens with one attached hydrogen (secondary N) is 2. The van der Waals surface area contributed by atoms with E-state index in [1.165, 1.54) is 0 Å². The van der Waals surface area contributed by atoms with Crippen LogP contribution in [0.4, 0.5) is 11.4 Å². The normalized spacial score (nSPS) is 15.0. The van der Waals surface area contributed by atoms with Crippen LogP contribution >= 0.6 is 0 Å². The van der Waals surface area contributed by atoms with Gasteiger partial charge >= 0.3 is 0 Å². The van der Waals surface area contributed by atoms with Gasteiger partial charge in [0, 0.05) is 41.5 Å². The number of nitrogens with zero attached hydrogens (tertiary/aromatic N) is 1. The van der Waals surface area contributed by atoms with Crippen LogP contribution in [-0.4, -0.2) is 30.3 Å². The topological polar surface area (TPSA) is 78.5 Å². The van der Waals surface area contributed by atoms with Gasteiger partial charge in [0.1, 0.15) is 0 Å². The number of anilines is 2. The molecule has 1 atom stereocenters. The lowest BCUT2D eigenvalue weighted by molar-refractivity contribution is -0.119. The molecule has 1 fully saturated rings. The molecule has 0 aromatic heterocycles. The summed E-state index contributed by atoms with van der Waals surface area (Å²) in [6, 6.07) is 14.0. The van der Waals surface area contributed by atoms with Crippen LogP contribution in [0.3, 0.4) is 0 Å². The summed E-state index contributed by atoms with van der Waals surface area (Å²) in [6.45, 7) is 4.70. The summed E-state index contributed by atoms with van der Waals surface area (Å²) in [5.41, 5.74) is 2.50.